The van der Waals surface area contributed by atoms with Crippen molar-refractivity contribution in [1.29, 1.82) is 0 Å². The molecule has 186 valence electrons. The van der Waals surface area contributed by atoms with Gasteiger partial charge in [-0.2, -0.15) is 17.0 Å². The lowest BCUT2D eigenvalue weighted by molar-refractivity contribution is -0.141. The summed E-state index contributed by atoms with van der Waals surface area (Å²) in [7, 11) is -0.260. The molecule has 4 rings (SSSR count). The number of carbonyl (C=O) groups is 3. The number of likely N-dealkylation sites (N-methyl/N-ethyl adjacent to an activating group) is 1. The van der Waals surface area contributed by atoms with Gasteiger partial charge in [0.15, 0.2) is 0 Å². The summed E-state index contributed by atoms with van der Waals surface area (Å²) in [5.74, 6) is -0.575. The summed E-state index contributed by atoms with van der Waals surface area (Å²) < 4.78 is 29.1. The third kappa shape index (κ3) is 4.39. The van der Waals surface area contributed by atoms with Crippen LogP contribution in [0.4, 0.5) is 4.79 Å². The number of nitrogens with zero attached hydrogens (tertiary/aromatic N) is 5. The predicted octanol–water partition coefficient (Wildman–Crippen LogP) is 1.24. The summed E-state index contributed by atoms with van der Waals surface area (Å²) in [5, 5.41) is 0. The van der Waals surface area contributed by atoms with E-state index in [1.54, 1.807) is 19.0 Å². The lowest BCUT2D eigenvalue weighted by Crippen LogP contribution is -2.56. The smallest absolute Gasteiger partial charge is 0.327 e. The van der Waals surface area contributed by atoms with Crippen LogP contribution < -0.4 is 0 Å². The van der Waals surface area contributed by atoms with Gasteiger partial charge in [0, 0.05) is 46.3 Å². The molecule has 0 atom stereocenters. The quantitative estimate of drug-likeness (QED) is 0.548. The van der Waals surface area contributed by atoms with Gasteiger partial charge in [0.05, 0.1) is 0 Å². The van der Waals surface area contributed by atoms with Crippen molar-refractivity contribution < 1.29 is 22.8 Å². The number of carbonyl (C=O) groups excluding carboxylic acids is 3. The Hall–Kier alpha value is -1.72. The minimum Gasteiger partial charge on any atom is -0.338 e. The van der Waals surface area contributed by atoms with E-state index in [1.165, 1.54) is 13.5 Å². The fourth-order valence-electron chi connectivity index (χ4n) is 5.89. The molecule has 0 bridgehead atoms. The fraction of sp³-hybridized carbons (Fsp3) is 0.864. The second-order valence-corrected chi connectivity index (χ2v) is 11.9. The molecular weight excluding hydrogens is 446 g/mol. The number of imide groups is 1. The Bertz CT molecular complexity index is 874. The first kappa shape index (κ1) is 24.4. The highest BCUT2D eigenvalue weighted by Gasteiger charge is 2.56. The molecule has 0 aromatic carbocycles. The standard InChI is InChI=1S/C22H37N5O5S/c1-23-21(30)27(20(29)22(23)11-7-4-8-12-22)17-19(28)25-13-15-26(16-14-25)33(31,32)24(2)18-9-5-3-6-10-18/h18H,3-17H2,1-2H3. The maximum Gasteiger partial charge on any atom is 0.327 e. The number of hydrogen-bond acceptors (Lipinski definition) is 5. The van der Waals surface area contributed by atoms with Crippen LogP contribution >= 0.6 is 0 Å². The molecule has 10 nitrogen and oxygen atoms in total. The molecule has 33 heavy (non-hydrogen) atoms. The van der Waals surface area contributed by atoms with E-state index in [4.69, 9.17) is 0 Å². The van der Waals surface area contributed by atoms with Gasteiger partial charge in [-0.15, -0.1) is 0 Å². The highest BCUT2D eigenvalue weighted by Crippen LogP contribution is 2.39. The van der Waals surface area contributed by atoms with Gasteiger partial charge < -0.3 is 9.80 Å². The third-order valence-electron chi connectivity index (χ3n) is 8.15. The van der Waals surface area contributed by atoms with Crippen LogP contribution in [0.25, 0.3) is 0 Å². The Balaban J connectivity index is 1.34. The molecule has 2 saturated heterocycles. The molecule has 0 radical (unpaired) electrons. The zero-order valence-corrected chi connectivity index (χ0v) is 20.7. The number of amides is 4. The predicted molar refractivity (Wildman–Crippen MR) is 122 cm³/mol. The van der Waals surface area contributed by atoms with E-state index in [1.807, 2.05) is 0 Å². The number of rotatable bonds is 5. The number of hydrogen-bond donors (Lipinski definition) is 0. The van der Waals surface area contributed by atoms with Crippen molar-refractivity contribution in [3.8, 4) is 0 Å². The van der Waals surface area contributed by atoms with Crippen LogP contribution in [-0.4, -0.2) is 108 Å². The lowest BCUT2D eigenvalue weighted by Gasteiger charge is -2.39. The van der Waals surface area contributed by atoms with Gasteiger partial charge >= 0.3 is 6.03 Å². The van der Waals surface area contributed by atoms with Crippen molar-refractivity contribution >= 4 is 28.1 Å². The van der Waals surface area contributed by atoms with E-state index in [0.717, 1.165) is 56.3 Å². The van der Waals surface area contributed by atoms with E-state index in [0.29, 0.717) is 12.8 Å². The van der Waals surface area contributed by atoms with Crippen molar-refractivity contribution in [2.75, 3.05) is 46.8 Å². The topological polar surface area (TPSA) is 102 Å². The van der Waals surface area contributed by atoms with Gasteiger partial charge in [-0.05, 0) is 25.7 Å². The van der Waals surface area contributed by atoms with Crippen LogP contribution in [0.5, 0.6) is 0 Å². The molecule has 4 aliphatic rings. The number of piperazine rings is 1. The molecule has 1 spiro atoms. The van der Waals surface area contributed by atoms with Gasteiger partial charge in [-0.1, -0.05) is 38.5 Å². The molecule has 4 amide bonds. The van der Waals surface area contributed by atoms with Crippen LogP contribution in [0.3, 0.4) is 0 Å². The summed E-state index contributed by atoms with van der Waals surface area (Å²) in [6, 6.07) is -0.370. The molecule has 4 fully saturated rings. The van der Waals surface area contributed by atoms with E-state index in [9.17, 15) is 22.8 Å². The van der Waals surface area contributed by atoms with Gasteiger partial charge in [0.2, 0.25) is 5.91 Å². The molecule has 2 heterocycles. The molecule has 2 aliphatic heterocycles. The zero-order chi connectivity index (χ0) is 23.8. The normalized spacial score (nSPS) is 25.5. The second-order valence-electron chi connectivity index (χ2n) is 9.92. The summed E-state index contributed by atoms with van der Waals surface area (Å²) in [4.78, 5) is 43.0. The Morgan fingerprint density at radius 2 is 1.55 bits per heavy atom. The number of urea groups is 1. The van der Waals surface area contributed by atoms with Crippen molar-refractivity contribution in [2.45, 2.75) is 75.8 Å². The van der Waals surface area contributed by atoms with Crippen LogP contribution in [-0.2, 0) is 19.8 Å². The third-order valence-corrected chi connectivity index (χ3v) is 10.2. The highest BCUT2D eigenvalue weighted by molar-refractivity contribution is 7.86. The molecule has 2 saturated carbocycles. The minimum absolute atomic E-state index is 0.0414. The monoisotopic (exact) mass is 483 g/mol. The highest BCUT2D eigenvalue weighted by atomic mass is 32.2. The van der Waals surface area contributed by atoms with Crippen LogP contribution in [0.1, 0.15) is 64.2 Å². The van der Waals surface area contributed by atoms with Crippen molar-refractivity contribution in [3.63, 3.8) is 0 Å². The zero-order valence-electron chi connectivity index (χ0n) is 19.9. The van der Waals surface area contributed by atoms with Crippen molar-refractivity contribution in [3.05, 3.63) is 0 Å². The molecular formula is C22H37N5O5S. The van der Waals surface area contributed by atoms with Crippen LogP contribution in [0, 0.1) is 0 Å². The molecule has 0 unspecified atom stereocenters. The molecule has 0 N–H and O–H groups in total. The average molecular weight is 484 g/mol. The van der Waals surface area contributed by atoms with Gasteiger partial charge in [-0.3, -0.25) is 14.5 Å². The Kier molecular flexibility index (Phi) is 7.02. The van der Waals surface area contributed by atoms with E-state index < -0.39 is 21.8 Å². The lowest BCUT2D eigenvalue weighted by atomic mass is 9.81. The fourth-order valence-corrected chi connectivity index (χ4v) is 7.47. The largest absolute Gasteiger partial charge is 0.338 e. The maximum atomic E-state index is 13.1. The maximum absolute atomic E-state index is 13.1. The summed E-state index contributed by atoms with van der Waals surface area (Å²) in [6.45, 7) is 0.674. The van der Waals surface area contributed by atoms with E-state index in [2.05, 4.69) is 0 Å². The first-order valence-corrected chi connectivity index (χ1v) is 13.7. The summed E-state index contributed by atoms with van der Waals surface area (Å²) in [6.07, 6.45) is 9.18. The van der Waals surface area contributed by atoms with Crippen LogP contribution in [0.2, 0.25) is 0 Å². The SMILES string of the molecule is CN1C(=O)N(CC(=O)N2CCN(S(=O)(=O)N(C)C3CCCCC3)CC2)C(=O)C12CCCCC2. The van der Waals surface area contributed by atoms with Gasteiger partial charge in [-0.25, -0.2) is 4.79 Å². The molecule has 11 heteroatoms. The Morgan fingerprint density at radius 1 is 0.970 bits per heavy atom. The van der Waals surface area contributed by atoms with Gasteiger partial charge in [0.1, 0.15) is 12.1 Å². The van der Waals surface area contributed by atoms with Gasteiger partial charge in [0.25, 0.3) is 16.1 Å². The molecule has 2 aliphatic carbocycles. The Morgan fingerprint density at radius 3 is 2.15 bits per heavy atom. The van der Waals surface area contributed by atoms with E-state index >= 15 is 0 Å². The van der Waals surface area contributed by atoms with Crippen LogP contribution in [0.15, 0.2) is 0 Å². The van der Waals surface area contributed by atoms with Crippen molar-refractivity contribution in [2.24, 2.45) is 0 Å². The molecule has 0 aromatic rings. The Labute approximate surface area is 197 Å². The first-order valence-electron chi connectivity index (χ1n) is 12.3. The second kappa shape index (κ2) is 9.50. The van der Waals surface area contributed by atoms with Crippen molar-refractivity contribution in [1.82, 2.24) is 23.3 Å². The molecule has 0 aromatic heterocycles. The minimum atomic E-state index is -3.57. The van der Waals surface area contributed by atoms with E-state index in [-0.39, 0.29) is 50.6 Å². The average Bonchev–Trinajstić information content (AvgIpc) is 3.01. The summed E-state index contributed by atoms with van der Waals surface area (Å²) >= 11 is 0. The summed E-state index contributed by atoms with van der Waals surface area (Å²) in [5.41, 5.74) is -0.800. The first-order chi connectivity index (χ1) is 15.7.